The molecule has 3 aromatic rings. The number of aryl methyl sites for hydroxylation is 1. The van der Waals surface area contributed by atoms with Gasteiger partial charge >= 0.3 is 0 Å². The highest BCUT2D eigenvalue weighted by molar-refractivity contribution is 7.89. The zero-order chi connectivity index (χ0) is 19.0. The second kappa shape index (κ2) is 8.17. The minimum atomic E-state index is -3.66. The molecule has 7 heteroatoms. The van der Waals surface area contributed by atoms with Gasteiger partial charge in [0.15, 0.2) is 0 Å². The summed E-state index contributed by atoms with van der Waals surface area (Å²) in [6.07, 6.45) is 1.64. The maximum atomic E-state index is 13.6. The van der Waals surface area contributed by atoms with Gasteiger partial charge in [0.1, 0.15) is 4.90 Å². The first-order chi connectivity index (χ1) is 13.0. The van der Waals surface area contributed by atoms with E-state index < -0.39 is 10.0 Å². The molecule has 28 heavy (non-hydrogen) atoms. The molecule has 0 aliphatic carbocycles. The zero-order valence-corrected chi connectivity index (χ0v) is 17.3. The average molecular weight is 418 g/mol. The normalized spacial score (nSPS) is 20.2. The van der Waals surface area contributed by atoms with Gasteiger partial charge in [0.05, 0.1) is 5.52 Å². The molecule has 0 spiro atoms. The Hall–Kier alpha value is -1.99. The first kappa shape index (κ1) is 20.7. The van der Waals surface area contributed by atoms with E-state index in [-0.39, 0.29) is 24.2 Å². The van der Waals surface area contributed by atoms with Crippen LogP contribution in [0.15, 0.2) is 65.7 Å². The van der Waals surface area contributed by atoms with Crippen molar-refractivity contribution in [2.24, 2.45) is 11.7 Å². The number of nitrogens with two attached hydrogens (primary N) is 1. The third-order valence-corrected chi connectivity index (χ3v) is 7.47. The maximum Gasteiger partial charge on any atom is 0.245 e. The number of pyridine rings is 1. The van der Waals surface area contributed by atoms with Crippen molar-refractivity contribution in [3.05, 3.63) is 71.9 Å². The van der Waals surface area contributed by atoms with Gasteiger partial charge in [-0.3, -0.25) is 4.98 Å². The Morgan fingerprint density at radius 1 is 1.07 bits per heavy atom. The minimum absolute atomic E-state index is 0. The molecular weight excluding hydrogens is 394 g/mol. The van der Waals surface area contributed by atoms with Crippen LogP contribution in [-0.4, -0.2) is 37.3 Å². The minimum Gasteiger partial charge on any atom is -0.330 e. The van der Waals surface area contributed by atoms with E-state index in [9.17, 15) is 8.42 Å². The van der Waals surface area contributed by atoms with Crippen LogP contribution < -0.4 is 5.73 Å². The number of rotatable bonds is 4. The number of fused-ring (bicyclic) bond motifs is 1. The molecule has 0 bridgehead atoms. The molecule has 2 aromatic carbocycles. The molecule has 5 nitrogen and oxygen atoms in total. The van der Waals surface area contributed by atoms with Crippen LogP contribution in [0.3, 0.4) is 0 Å². The Labute approximate surface area is 172 Å². The standard InChI is InChI=1S/C21H23N3O2S.ClH/c1-15-9-10-17-8-5-11-23-20(17)21(15)27(25,26)24-13-18(12-22)19(14-24)16-6-3-2-4-7-16;/h2-11,18-19H,12-14,22H2,1H3;1H/t18-,19+;/m1./s1. The third kappa shape index (κ3) is 3.53. The molecule has 1 aliphatic heterocycles. The van der Waals surface area contributed by atoms with E-state index in [4.69, 9.17) is 5.73 Å². The summed E-state index contributed by atoms with van der Waals surface area (Å²) in [6.45, 7) is 3.16. The lowest BCUT2D eigenvalue weighted by Crippen LogP contribution is -2.30. The summed E-state index contributed by atoms with van der Waals surface area (Å²) in [5.74, 6) is 0.208. The topological polar surface area (TPSA) is 76.3 Å². The summed E-state index contributed by atoms with van der Waals surface area (Å²) in [5, 5.41) is 0.829. The van der Waals surface area contributed by atoms with Crippen molar-refractivity contribution in [3.63, 3.8) is 0 Å². The second-order valence-corrected chi connectivity index (χ2v) is 9.00. The molecule has 0 saturated carbocycles. The summed E-state index contributed by atoms with van der Waals surface area (Å²) in [7, 11) is -3.66. The van der Waals surface area contributed by atoms with Crippen LogP contribution in [0.2, 0.25) is 0 Å². The molecule has 1 fully saturated rings. The van der Waals surface area contributed by atoms with E-state index in [1.807, 2.05) is 61.5 Å². The van der Waals surface area contributed by atoms with E-state index in [0.717, 1.165) is 10.9 Å². The van der Waals surface area contributed by atoms with Crippen LogP contribution in [0, 0.1) is 12.8 Å². The van der Waals surface area contributed by atoms with Crippen LogP contribution in [-0.2, 0) is 10.0 Å². The number of nitrogens with zero attached hydrogens (tertiary/aromatic N) is 2. The Morgan fingerprint density at radius 2 is 1.82 bits per heavy atom. The van der Waals surface area contributed by atoms with Crippen molar-refractivity contribution >= 4 is 33.3 Å². The smallest absolute Gasteiger partial charge is 0.245 e. The number of halogens is 1. The molecule has 1 aromatic heterocycles. The van der Waals surface area contributed by atoms with Gasteiger partial charge < -0.3 is 5.73 Å². The van der Waals surface area contributed by atoms with E-state index in [1.165, 1.54) is 0 Å². The summed E-state index contributed by atoms with van der Waals surface area (Å²) in [5.41, 5.74) is 8.38. The van der Waals surface area contributed by atoms with E-state index >= 15 is 0 Å². The first-order valence-corrected chi connectivity index (χ1v) is 10.6. The second-order valence-electron chi connectivity index (χ2n) is 7.12. The lowest BCUT2D eigenvalue weighted by molar-refractivity contribution is 0.459. The van der Waals surface area contributed by atoms with Gasteiger partial charge in [0.25, 0.3) is 0 Å². The Balaban J connectivity index is 0.00000225. The van der Waals surface area contributed by atoms with Crippen LogP contribution in [0.1, 0.15) is 17.0 Å². The van der Waals surface area contributed by atoms with Gasteiger partial charge in [-0.25, -0.2) is 8.42 Å². The molecule has 2 atom stereocenters. The quantitative estimate of drug-likeness (QED) is 0.706. The molecule has 2 heterocycles. The van der Waals surface area contributed by atoms with Crippen LogP contribution >= 0.6 is 12.4 Å². The predicted molar refractivity (Wildman–Crippen MR) is 114 cm³/mol. The SMILES string of the molecule is Cc1ccc2cccnc2c1S(=O)(=O)N1C[C@@H](CN)[C@H](c2ccccc2)C1.Cl. The van der Waals surface area contributed by atoms with Crippen LogP contribution in [0.5, 0.6) is 0 Å². The van der Waals surface area contributed by atoms with E-state index in [2.05, 4.69) is 4.98 Å². The largest absolute Gasteiger partial charge is 0.330 e. The lowest BCUT2D eigenvalue weighted by atomic mass is 9.89. The molecule has 1 saturated heterocycles. The van der Waals surface area contributed by atoms with Crippen molar-refractivity contribution in [1.29, 1.82) is 0 Å². The molecule has 1 aliphatic rings. The van der Waals surface area contributed by atoms with Crippen molar-refractivity contribution in [2.45, 2.75) is 17.7 Å². The molecule has 0 radical (unpaired) electrons. The summed E-state index contributed by atoms with van der Waals surface area (Å²) in [4.78, 5) is 4.68. The van der Waals surface area contributed by atoms with Gasteiger partial charge in [-0.2, -0.15) is 4.31 Å². The van der Waals surface area contributed by atoms with Gasteiger partial charge in [0.2, 0.25) is 10.0 Å². The first-order valence-electron chi connectivity index (χ1n) is 9.12. The average Bonchev–Trinajstić information content (AvgIpc) is 3.13. The van der Waals surface area contributed by atoms with Gasteiger partial charge in [-0.1, -0.05) is 48.5 Å². The fourth-order valence-electron chi connectivity index (χ4n) is 4.02. The number of sulfonamides is 1. The van der Waals surface area contributed by atoms with Crippen molar-refractivity contribution in [2.75, 3.05) is 19.6 Å². The molecule has 4 rings (SSSR count). The Kier molecular flexibility index (Phi) is 6.05. The third-order valence-electron chi connectivity index (χ3n) is 5.46. The fourth-order valence-corrected chi connectivity index (χ4v) is 5.91. The number of hydrogen-bond donors (Lipinski definition) is 1. The Morgan fingerprint density at radius 3 is 2.54 bits per heavy atom. The molecule has 0 amide bonds. The molecule has 0 unspecified atom stereocenters. The van der Waals surface area contributed by atoms with Crippen molar-refractivity contribution in [3.8, 4) is 0 Å². The maximum absolute atomic E-state index is 13.6. The highest BCUT2D eigenvalue weighted by atomic mass is 35.5. The van der Waals surface area contributed by atoms with Crippen molar-refractivity contribution in [1.82, 2.24) is 9.29 Å². The van der Waals surface area contributed by atoms with Crippen LogP contribution in [0.4, 0.5) is 0 Å². The molecule has 148 valence electrons. The van der Waals surface area contributed by atoms with Gasteiger partial charge in [-0.15, -0.1) is 12.4 Å². The van der Waals surface area contributed by atoms with Gasteiger partial charge in [0, 0.05) is 30.6 Å². The zero-order valence-electron chi connectivity index (χ0n) is 15.7. The van der Waals surface area contributed by atoms with E-state index in [1.54, 1.807) is 10.5 Å². The highest BCUT2D eigenvalue weighted by Gasteiger charge is 2.40. The molecular formula is C21H24ClN3O2S. The number of aromatic nitrogens is 1. The highest BCUT2D eigenvalue weighted by Crippen LogP contribution is 2.37. The molecule has 2 N–H and O–H groups in total. The lowest BCUT2D eigenvalue weighted by Gasteiger charge is -2.19. The van der Waals surface area contributed by atoms with E-state index in [0.29, 0.717) is 35.6 Å². The monoisotopic (exact) mass is 417 g/mol. The summed E-state index contributed by atoms with van der Waals surface area (Å²) < 4.78 is 28.7. The van der Waals surface area contributed by atoms with Gasteiger partial charge in [-0.05, 0) is 36.6 Å². The Bertz CT molecular complexity index is 1070. The number of benzene rings is 2. The fraction of sp³-hybridized carbons (Fsp3) is 0.286. The summed E-state index contributed by atoms with van der Waals surface area (Å²) >= 11 is 0. The van der Waals surface area contributed by atoms with Crippen LogP contribution in [0.25, 0.3) is 10.9 Å². The predicted octanol–water partition coefficient (Wildman–Crippen LogP) is 3.33. The summed E-state index contributed by atoms with van der Waals surface area (Å²) in [6, 6.07) is 17.5. The number of hydrogen-bond acceptors (Lipinski definition) is 4. The van der Waals surface area contributed by atoms with Crippen molar-refractivity contribution < 1.29 is 8.42 Å².